The van der Waals surface area contributed by atoms with E-state index in [2.05, 4.69) is 15.2 Å². The molecule has 0 saturated carbocycles. The summed E-state index contributed by atoms with van der Waals surface area (Å²) in [7, 11) is 2.04. The highest BCUT2D eigenvalue weighted by atomic mass is 35.5. The van der Waals surface area contributed by atoms with Crippen LogP contribution in [0.15, 0.2) is 18.2 Å². The molecule has 0 atom stereocenters. The number of aromatic nitrogens is 1. The minimum absolute atomic E-state index is 0.0761. The van der Waals surface area contributed by atoms with Gasteiger partial charge in [0.25, 0.3) is 5.91 Å². The molecule has 0 unspecified atom stereocenters. The lowest BCUT2D eigenvalue weighted by Crippen LogP contribution is -2.25. The maximum atomic E-state index is 13.7. The molecule has 2 heterocycles. The van der Waals surface area contributed by atoms with Crippen LogP contribution < -0.4 is 5.32 Å². The van der Waals surface area contributed by atoms with Crippen LogP contribution in [0.1, 0.15) is 20.9 Å². The number of rotatable bonds is 2. The van der Waals surface area contributed by atoms with Crippen LogP contribution in [0.4, 0.5) is 9.52 Å². The number of hydrogen-bond donors (Lipinski definition) is 1. The number of carbonyl (C=O) groups excluding carboxylic acids is 1. The van der Waals surface area contributed by atoms with Gasteiger partial charge < -0.3 is 4.90 Å². The molecular formula is C14H13ClFN3OS. The average molecular weight is 326 g/mol. The fraction of sp³-hybridized carbons (Fsp3) is 0.286. The lowest BCUT2D eigenvalue weighted by atomic mass is 10.2. The molecule has 110 valence electrons. The Bertz CT molecular complexity index is 704. The number of anilines is 1. The van der Waals surface area contributed by atoms with E-state index in [4.69, 9.17) is 11.6 Å². The molecule has 21 heavy (non-hydrogen) atoms. The van der Waals surface area contributed by atoms with Crippen LogP contribution in [0.2, 0.25) is 5.02 Å². The van der Waals surface area contributed by atoms with Crippen molar-refractivity contribution in [2.24, 2.45) is 0 Å². The third kappa shape index (κ3) is 3.07. The standard InChI is InChI=1S/C14H13ClFN3OS/c1-19-5-4-11-12(7-19)21-14(17-11)18-13(20)9-6-8(15)2-3-10(9)16/h2-3,6H,4-5,7H2,1H3,(H,17,18,20). The van der Waals surface area contributed by atoms with Crippen molar-refractivity contribution in [3.05, 3.63) is 45.2 Å². The van der Waals surface area contributed by atoms with E-state index in [-0.39, 0.29) is 5.56 Å². The van der Waals surface area contributed by atoms with Crippen molar-refractivity contribution in [1.29, 1.82) is 0 Å². The molecular weight excluding hydrogens is 313 g/mol. The van der Waals surface area contributed by atoms with Crippen molar-refractivity contribution < 1.29 is 9.18 Å². The van der Waals surface area contributed by atoms with E-state index in [9.17, 15) is 9.18 Å². The molecule has 2 aromatic rings. The van der Waals surface area contributed by atoms with E-state index in [1.165, 1.54) is 29.5 Å². The predicted octanol–water partition coefficient (Wildman–Crippen LogP) is 3.18. The minimum Gasteiger partial charge on any atom is -0.301 e. The lowest BCUT2D eigenvalue weighted by Gasteiger charge is -2.20. The number of fused-ring (bicyclic) bond motifs is 1. The molecule has 0 aliphatic carbocycles. The Morgan fingerprint density at radius 2 is 2.33 bits per heavy atom. The average Bonchev–Trinajstić information content (AvgIpc) is 2.82. The predicted molar refractivity (Wildman–Crippen MR) is 81.5 cm³/mol. The van der Waals surface area contributed by atoms with Crippen LogP contribution in [0.25, 0.3) is 0 Å². The van der Waals surface area contributed by atoms with Crippen LogP contribution in [-0.4, -0.2) is 29.4 Å². The van der Waals surface area contributed by atoms with E-state index in [1.54, 1.807) is 0 Å². The first-order valence-corrected chi connectivity index (χ1v) is 7.66. The maximum Gasteiger partial charge on any atom is 0.260 e. The Morgan fingerprint density at radius 1 is 1.52 bits per heavy atom. The summed E-state index contributed by atoms with van der Waals surface area (Å²) in [4.78, 5) is 19.9. The zero-order valence-corrected chi connectivity index (χ0v) is 12.9. The number of nitrogens with zero attached hydrogens (tertiary/aromatic N) is 2. The van der Waals surface area contributed by atoms with Gasteiger partial charge in [-0.2, -0.15) is 0 Å². The normalized spacial score (nSPS) is 14.8. The first-order chi connectivity index (χ1) is 10.0. The summed E-state index contributed by atoms with van der Waals surface area (Å²) in [6.45, 7) is 1.78. The third-order valence-corrected chi connectivity index (χ3v) is 4.55. The Balaban J connectivity index is 1.80. The first-order valence-electron chi connectivity index (χ1n) is 6.46. The van der Waals surface area contributed by atoms with E-state index in [0.717, 1.165) is 30.1 Å². The summed E-state index contributed by atoms with van der Waals surface area (Å²) in [6.07, 6.45) is 0.865. The van der Waals surface area contributed by atoms with Gasteiger partial charge in [0.1, 0.15) is 5.82 Å². The zero-order chi connectivity index (χ0) is 15.0. The van der Waals surface area contributed by atoms with Crippen LogP contribution in [0.3, 0.4) is 0 Å². The second-order valence-corrected chi connectivity index (χ2v) is 6.48. The number of benzene rings is 1. The van der Waals surface area contributed by atoms with Crippen molar-refractivity contribution in [3.63, 3.8) is 0 Å². The van der Waals surface area contributed by atoms with E-state index in [0.29, 0.717) is 10.2 Å². The van der Waals surface area contributed by atoms with Gasteiger partial charge in [0.15, 0.2) is 5.13 Å². The molecule has 3 rings (SSSR count). The maximum absolute atomic E-state index is 13.7. The largest absolute Gasteiger partial charge is 0.301 e. The van der Waals surface area contributed by atoms with Gasteiger partial charge in [-0.25, -0.2) is 9.37 Å². The molecule has 1 aromatic carbocycles. The SMILES string of the molecule is CN1CCc2nc(NC(=O)c3cc(Cl)ccc3F)sc2C1. The van der Waals surface area contributed by atoms with E-state index in [1.807, 2.05) is 7.05 Å². The van der Waals surface area contributed by atoms with Gasteiger partial charge >= 0.3 is 0 Å². The molecule has 1 aliphatic rings. The fourth-order valence-corrected chi connectivity index (χ4v) is 3.47. The Kier molecular flexibility index (Phi) is 3.93. The van der Waals surface area contributed by atoms with Crippen molar-refractivity contribution in [3.8, 4) is 0 Å². The Morgan fingerprint density at radius 3 is 3.14 bits per heavy atom. The fourth-order valence-electron chi connectivity index (χ4n) is 2.21. The summed E-state index contributed by atoms with van der Waals surface area (Å²) >= 11 is 7.23. The molecule has 1 amide bonds. The monoisotopic (exact) mass is 325 g/mol. The molecule has 1 N–H and O–H groups in total. The Labute approximate surface area is 130 Å². The van der Waals surface area contributed by atoms with Gasteiger partial charge in [-0.05, 0) is 25.2 Å². The van der Waals surface area contributed by atoms with Crippen LogP contribution in [-0.2, 0) is 13.0 Å². The number of amides is 1. The summed E-state index contributed by atoms with van der Waals surface area (Å²) in [5.41, 5.74) is 0.938. The smallest absolute Gasteiger partial charge is 0.260 e. The second-order valence-electron chi connectivity index (χ2n) is 4.95. The first kappa shape index (κ1) is 14.4. The lowest BCUT2D eigenvalue weighted by molar-refractivity contribution is 0.102. The molecule has 0 bridgehead atoms. The third-order valence-electron chi connectivity index (χ3n) is 3.32. The number of nitrogens with one attached hydrogen (secondary N) is 1. The summed E-state index contributed by atoms with van der Waals surface area (Å²) < 4.78 is 13.7. The number of carbonyl (C=O) groups is 1. The molecule has 0 radical (unpaired) electrons. The van der Waals surface area contributed by atoms with Gasteiger partial charge in [0, 0.05) is 29.4 Å². The molecule has 0 spiro atoms. The molecule has 1 aromatic heterocycles. The topological polar surface area (TPSA) is 45.2 Å². The Hall–Kier alpha value is -1.50. The van der Waals surface area contributed by atoms with Gasteiger partial charge in [-0.3, -0.25) is 10.1 Å². The number of likely N-dealkylation sites (N-methyl/N-ethyl adjacent to an activating group) is 1. The molecule has 1 aliphatic heterocycles. The quantitative estimate of drug-likeness (QED) is 0.922. The van der Waals surface area contributed by atoms with Crippen molar-refractivity contribution in [2.45, 2.75) is 13.0 Å². The summed E-state index contributed by atoms with van der Waals surface area (Å²) in [5, 5.41) is 3.47. The number of halogens is 2. The molecule has 4 nitrogen and oxygen atoms in total. The minimum atomic E-state index is -0.599. The van der Waals surface area contributed by atoms with E-state index < -0.39 is 11.7 Å². The summed E-state index contributed by atoms with van der Waals surface area (Å²) in [5.74, 6) is -1.13. The van der Waals surface area contributed by atoms with Gasteiger partial charge in [-0.1, -0.05) is 11.6 Å². The van der Waals surface area contributed by atoms with Crippen molar-refractivity contribution in [2.75, 3.05) is 18.9 Å². The van der Waals surface area contributed by atoms with Gasteiger partial charge in [0.2, 0.25) is 0 Å². The van der Waals surface area contributed by atoms with Crippen LogP contribution in [0.5, 0.6) is 0 Å². The molecule has 0 saturated heterocycles. The molecule has 0 fully saturated rings. The van der Waals surface area contributed by atoms with Crippen LogP contribution >= 0.6 is 22.9 Å². The second kappa shape index (κ2) is 5.71. The van der Waals surface area contributed by atoms with Crippen molar-refractivity contribution >= 4 is 34.0 Å². The molecule has 7 heteroatoms. The highest BCUT2D eigenvalue weighted by Crippen LogP contribution is 2.28. The number of hydrogen-bond acceptors (Lipinski definition) is 4. The van der Waals surface area contributed by atoms with Gasteiger partial charge in [-0.15, -0.1) is 11.3 Å². The van der Waals surface area contributed by atoms with Crippen LogP contribution in [0, 0.1) is 5.82 Å². The van der Waals surface area contributed by atoms with E-state index >= 15 is 0 Å². The highest BCUT2D eigenvalue weighted by Gasteiger charge is 2.20. The zero-order valence-electron chi connectivity index (χ0n) is 11.3. The summed E-state index contributed by atoms with van der Waals surface area (Å²) in [6, 6.07) is 3.90. The van der Waals surface area contributed by atoms with Crippen molar-refractivity contribution in [1.82, 2.24) is 9.88 Å². The van der Waals surface area contributed by atoms with Gasteiger partial charge in [0.05, 0.1) is 11.3 Å². The number of thiazole rings is 1. The highest BCUT2D eigenvalue weighted by molar-refractivity contribution is 7.15.